The lowest BCUT2D eigenvalue weighted by Gasteiger charge is -2.29. The standard InChI is InChI=1S/C28H40O/c1-5-28(4,25-18-10-7-11-19-25)23-15-13-21-26(29)20-12-14-22-27(2,3)24-16-8-6-9-17-24/h6-11,16-19H,5,12-15,20-23H2,1-4H3. The first-order valence-electron chi connectivity index (χ1n) is 11.5. The monoisotopic (exact) mass is 392 g/mol. The van der Waals surface area contributed by atoms with Crippen molar-refractivity contribution in [1.82, 2.24) is 0 Å². The maximum Gasteiger partial charge on any atom is 0.132 e. The van der Waals surface area contributed by atoms with Crippen molar-refractivity contribution in [2.24, 2.45) is 0 Å². The highest BCUT2D eigenvalue weighted by Crippen LogP contribution is 2.33. The predicted molar refractivity (Wildman–Crippen MR) is 125 cm³/mol. The normalized spacial score (nSPS) is 13.8. The Balaban J connectivity index is 1.64. The van der Waals surface area contributed by atoms with Crippen molar-refractivity contribution in [3.63, 3.8) is 0 Å². The average molecular weight is 393 g/mol. The van der Waals surface area contributed by atoms with Crippen molar-refractivity contribution in [2.75, 3.05) is 0 Å². The molecule has 0 saturated carbocycles. The van der Waals surface area contributed by atoms with Gasteiger partial charge in [0.2, 0.25) is 0 Å². The number of benzene rings is 2. The largest absolute Gasteiger partial charge is 0.300 e. The van der Waals surface area contributed by atoms with Crippen molar-refractivity contribution < 1.29 is 4.79 Å². The number of unbranched alkanes of at least 4 members (excludes halogenated alkanes) is 2. The first kappa shape index (κ1) is 23.4. The zero-order chi connectivity index (χ0) is 21.2. The zero-order valence-electron chi connectivity index (χ0n) is 19.0. The summed E-state index contributed by atoms with van der Waals surface area (Å²) in [4.78, 5) is 12.3. The van der Waals surface area contributed by atoms with E-state index in [-0.39, 0.29) is 10.8 Å². The molecule has 0 spiro atoms. The lowest BCUT2D eigenvalue weighted by molar-refractivity contribution is -0.119. The van der Waals surface area contributed by atoms with Crippen molar-refractivity contribution in [3.05, 3.63) is 71.8 Å². The summed E-state index contributed by atoms with van der Waals surface area (Å²) in [6.45, 7) is 9.25. The first-order valence-corrected chi connectivity index (χ1v) is 11.5. The SMILES string of the molecule is CCC(C)(CCCCC(=O)CCCCC(C)(C)c1ccccc1)c1ccccc1. The minimum Gasteiger partial charge on any atom is -0.300 e. The van der Waals surface area contributed by atoms with Gasteiger partial charge in [-0.1, -0.05) is 101 Å². The highest BCUT2D eigenvalue weighted by atomic mass is 16.1. The number of Topliss-reactive ketones (excluding diaryl/α,β-unsaturated/α-hetero) is 1. The van der Waals surface area contributed by atoms with Gasteiger partial charge in [-0.15, -0.1) is 0 Å². The van der Waals surface area contributed by atoms with E-state index in [2.05, 4.69) is 88.4 Å². The van der Waals surface area contributed by atoms with E-state index in [4.69, 9.17) is 0 Å². The van der Waals surface area contributed by atoms with Gasteiger partial charge in [-0.3, -0.25) is 4.79 Å². The zero-order valence-corrected chi connectivity index (χ0v) is 19.0. The van der Waals surface area contributed by atoms with Crippen LogP contribution in [0.4, 0.5) is 0 Å². The molecule has 0 aliphatic carbocycles. The van der Waals surface area contributed by atoms with Gasteiger partial charge in [0.25, 0.3) is 0 Å². The summed E-state index contributed by atoms with van der Waals surface area (Å²) in [6.07, 6.45) is 9.22. The second-order valence-corrected chi connectivity index (χ2v) is 9.48. The maximum atomic E-state index is 12.3. The fourth-order valence-electron chi connectivity index (χ4n) is 4.25. The minimum atomic E-state index is 0.187. The van der Waals surface area contributed by atoms with Gasteiger partial charge in [0.15, 0.2) is 0 Å². The van der Waals surface area contributed by atoms with Gasteiger partial charge in [-0.25, -0.2) is 0 Å². The quantitative estimate of drug-likeness (QED) is 0.315. The highest BCUT2D eigenvalue weighted by molar-refractivity contribution is 5.78. The summed E-state index contributed by atoms with van der Waals surface area (Å²) < 4.78 is 0. The van der Waals surface area contributed by atoms with Gasteiger partial charge in [0.05, 0.1) is 0 Å². The van der Waals surface area contributed by atoms with Crippen LogP contribution in [0.2, 0.25) is 0 Å². The van der Waals surface area contributed by atoms with Gasteiger partial charge in [-0.05, 0) is 54.1 Å². The van der Waals surface area contributed by atoms with Crippen LogP contribution in [-0.4, -0.2) is 5.78 Å². The summed E-state index contributed by atoms with van der Waals surface area (Å²) in [5.74, 6) is 0.445. The molecule has 0 saturated heterocycles. The van der Waals surface area contributed by atoms with Crippen LogP contribution < -0.4 is 0 Å². The molecule has 1 heteroatoms. The molecule has 29 heavy (non-hydrogen) atoms. The van der Waals surface area contributed by atoms with Crippen molar-refractivity contribution in [3.8, 4) is 0 Å². The van der Waals surface area contributed by atoms with E-state index in [1.807, 2.05) is 0 Å². The van der Waals surface area contributed by atoms with E-state index < -0.39 is 0 Å². The van der Waals surface area contributed by atoms with Gasteiger partial charge in [0, 0.05) is 12.8 Å². The van der Waals surface area contributed by atoms with Crippen LogP contribution >= 0.6 is 0 Å². The fraction of sp³-hybridized carbons (Fsp3) is 0.536. The number of carbonyl (C=O) groups excluding carboxylic acids is 1. The highest BCUT2D eigenvalue weighted by Gasteiger charge is 2.23. The van der Waals surface area contributed by atoms with Crippen molar-refractivity contribution in [2.45, 2.75) is 96.3 Å². The number of ketones is 1. The molecule has 2 aromatic carbocycles. The van der Waals surface area contributed by atoms with Crippen LogP contribution in [0.3, 0.4) is 0 Å². The summed E-state index contributed by atoms with van der Waals surface area (Å²) in [7, 11) is 0. The molecule has 0 aliphatic heterocycles. The molecular formula is C28H40O. The number of hydrogen-bond donors (Lipinski definition) is 0. The molecule has 0 N–H and O–H groups in total. The van der Waals surface area contributed by atoms with Gasteiger partial charge in [0.1, 0.15) is 5.78 Å². The van der Waals surface area contributed by atoms with Crippen LogP contribution in [0.25, 0.3) is 0 Å². The van der Waals surface area contributed by atoms with E-state index >= 15 is 0 Å². The molecule has 2 aromatic rings. The molecule has 0 heterocycles. The summed E-state index contributed by atoms with van der Waals surface area (Å²) in [5.41, 5.74) is 3.23. The van der Waals surface area contributed by atoms with Crippen LogP contribution in [0.15, 0.2) is 60.7 Å². The van der Waals surface area contributed by atoms with Crippen LogP contribution in [-0.2, 0) is 15.6 Å². The Hall–Kier alpha value is -1.89. The van der Waals surface area contributed by atoms with E-state index in [9.17, 15) is 4.79 Å². The third-order valence-corrected chi connectivity index (χ3v) is 6.75. The smallest absolute Gasteiger partial charge is 0.132 e. The summed E-state index contributed by atoms with van der Waals surface area (Å²) >= 11 is 0. The Labute approximate surface area is 178 Å². The Morgan fingerprint density at radius 2 is 1.17 bits per heavy atom. The molecule has 2 rings (SSSR count). The molecule has 1 nitrogen and oxygen atoms in total. The van der Waals surface area contributed by atoms with Gasteiger partial charge < -0.3 is 0 Å². The Morgan fingerprint density at radius 3 is 1.69 bits per heavy atom. The lowest BCUT2D eigenvalue weighted by atomic mass is 9.76. The third-order valence-electron chi connectivity index (χ3n) is 6.75. The van der Waals surface area contributed by atoms with E-state index in [0.29, 0.717) is 5.78 Å². The third kappa shape index (κ3) is 7.46. The number of hydrogen-bond acceptors (Lipinski definition) is 1. The van der Waals surface area contributed by atoms with Crippen LogP contribution in [0.5, 0.6) is 0 Å². The van der Waals surface area contributed by atoms with E-state index in [0.717, 1.165) is 57.8 Å². The van der Waals surface area contributed by atoms with Crippen molar-refractivity contribution >= 4 is 5.78 Å². The van der Waals surface area contributed by atoms with E-state index in [1.165, 1.54) is 11.1 Å². The second kappa shape index (κ2) is 11.3. The van der Waals surface area contributed by atoms with Crippen molar-refractivity contribution in [1.29, 1.82) is 0 Å². The van der Waals surface area contributed by atoms with Crippen LogP contribution in [0.1, 0.15) is 96.6 Å². The lowest BCUT2D eigenvalue weighted by Crippen LogP contribution is -2.20. The Morgan fingerprint density at radius 1 is 0.690 bits per heavy atom. The molecule has 0 aliphatic rings. The number of rotatable bonds is 13. The van der Waals surface area contributed by atoms with Gasteiger partial charge in [-0.2, -0.15) is 0 Å². The summed E-state index contributed by atoms with van der Waals surface area (Å²) in [6, 6.07) is 21.6. The molecule has 0 fully saturated rings. The maximum absolute atomic E-state index is 12.3. The summed E-state index contributed by atoms with van der Waals surface area (Å²) in [5, 5.41) is 0. The predicted octanol–water partition coefficient (Wildman–Crippen LogP) is 8.02. The Kier molecular flexibility index (Phi) is 9.14. The second-order valence-electron chi connectivity index (χ2n) is 9.48. The molecule has 0 bridgehead atoms. The molecule has 1 atom stereocenters. The number of carbonyl (C=O) groups is 1. The van der Waals surface area contributed by atoms with Crippen LogP contribution in [0, 0.1) is 0 Å². The molecule has 1 unspecified atom stereocenters. The minimum absolute atomic E-state index is 0.187. The first-order chi connectivity index (χ1) is 13.9. The van der Waals surface area contributed by atoms with E-state index in [1.54, 1.807) is 0 Å². The average Bonchev–Trinajstić information content (AvgIpc) is 2.75. The topological polar surface area (TPSA) is 17.1 Å². The molecule has 0 radical (unpaired) electrons. The molecular weight excluding hydrogens is 352 g/mol. The fourth-order valence-corrected chi connectivity index (χ4v) is 4.25. The van der Waals surface area contributed by atoms with Gasteiger partial charge >= 0.3 is 0 Å². The molecule has 0 aromatic heterocycles. The molecule has 0 amide bonds. The molecule has 158 valence electrons. The Bertz CT molecular complexity index is 716.